The molecule has 1 aromatic rings. The van der Waals surface area contributed by atoms with Crippen molar-refractivity contribution >= 4 is 33.0 Å². The first-order valence-corrected chi connectivity index (χ1v) is 7.16. The molecule has 0 heterocycles. The van der Waals surface area contributed by atoms with E-state index in [1.54, 1.807) is 32.9 Å². The Hall–Kier alpha value is -0.460. The van der Waals surface area contributed by atoms with E-state index < -0.39 is 28.2 Å². The molecule has 0 N–H and O–H groups in total. The molecular formula is C12H14BrF2NOS. The summed E-state index contributed by atoms with van der Waals surface area (Å²) in [5.41, 5.74) is -0.151. The van der Waals surface area contributed by atoms with Crippen LogP contribution in [0.15, 0.2) is 33.1 Å². The van der Waals surface area contributed by atoms with Gasteiger partial charge in [-0.3, -0.25) is 0 Å². The molecule has 0 spiro atoms. The highest BCUT2D eigenvalue weighted by atomic mass is 79.9. The normalized spacial score (nSPS) is 15.0. The summed E-state index contributed by atoms with van der Waals surface area (Å²) < 4.78 is 41.5. The van der Waals surface area contributed by atoms with Crippen LogP contribution in [0.3, 0.4) is 0 Å². The van der Waals surface area contributed by atoms with Crippen molar-refractivity contribution in [3.63, 3.8) is 0 Å². The summed E-state index contributed by atoms with van der Waals surface area (Å²) in [5.74, 6) is 0. The lowest BCUT2D eigenvalue weighted by Crippen LogP contribution is -2.28. The number of alkyl halides is 2. The maximum atomic E-state index is 13.0. The van der Waals surface area contributed by atoms with Crippen LogP contribution in [-0.2, 0) is 11.4 Å². The van der Waals surface area contributed by atoms with Crippen LogP contribution in [0.5, 0.6) is 0 Å². The summed E-state index contributed by atoms with van der Waals surface area (Å²) in [6.45, 7) is 5.08. The highest BCUT2D eigenvalue weighted by molar-refractivity contribution is 9.10. The molecule has 0 bridgehead atoms. The summed E-state index contributed by atoms with van der Waals surface area (Å²) in [6.07, 6.45) is -2.75. The van der Waals surface area contributed by atoms with Crippen LogP contribution in [-0.4, -0.2) is 21.4 Å². The van der Waals surface area contributed by atoms with E-state index in [0.717, 1.165) is 4.47 Å². The second-order valence-electron chi connectivity index (χ2n) is 4.65. The molecule has 0 aliphatic carbocycles. The van der Waals surface area contributed by atoms with E-state index in [0.29, 0.717) is 0 Å². The van der Waals surface area contributed by atoms with Crippen LogP contribution in [0.2, 0.25) is 0 Å². The van der Waals surface area contributed by atoms with Gasteiger partial charge in [0.2, 0.25) is 0 Å². The summed E-state index contributed by atoms with van der Waals surface area (Å²) in [6, 6.07) is 6.34. The Labute approximate surface area is 117 Å². The second kappa shape index (κ2) is 6.12. The topological polar surface area (TPSA) is 35.4 Å². The zero-order valence-corrected chi connectivity index (χ0v) is 12.7. The molecule has 100 valence electrons. The van der Waals surface area contributed by atoms with Crippen LogP contribution in [0.25, 0.3) is 0 Å². The van der Waals surface area contributed by atoms with Crippen molar-refractivity contribution in [1.82, 2.24) is 0 Å². The number of hydrogen-bond donors (Lipinski definition) is 0. The SMILES string of the molecule is CC(C)(C)[S@+]([O-])/N=C(/c1ccc(Br)cc1)C(F)F. The molecule has 6 heteroatoms. The Morgan fingerprint density at radius 1 is 1.28 bits per heavy atom. The van der Waals surface area contributed by atoms with Crippen LogP contribution < -0.4 is 0 Å². The number of rotatable bonds is 3. The Kier molecular flexibility index (Phi) is 5.31. The maximum Gasteiger partial charge on any atom is 0.285 e. The minimum absolute atomic E-state index is 0.283. The molecule has 0 fully saturated rings. The lowest BCUT2D eigenvalue weighted by atomic mass is 10.1. The molecule has 0 aromatic heterocycles. The number of nitrogens with zero attached hydrogens (tertiary/aromatic N) is 1. The highest BCUT2D eigenvalue weighted by Gasteiger charge is 2.29. The fourth-order valence-electron chi connectivity index (χ4n) is 1.07. The molecule has 0 saturated heterocycles. The van der Waals surface area contributed by atoms with Gasteiger partial charge < -0.3 is 4.55 Å². The standard InChI is InChI=1S/C12H14BrF2NOS/c1-12(2,3)18(17)16-10(11(14)15)8-4-6-9(13)7-5-8/h4-7,11H,1-3H3/b16-10-/t18-/m0/s1. The Morgan fingerprint density at radius 3 is 2.17 bits per heavy atom. The molecule has 0 aliphatic rings. The number of halogens is 3. The van der Waals surface area contributed by atoms with Gasteiger partial charge in [0.25, 0.3) is 6.43 Å². The molecule has 0 unspecified atom stereocenters. The molecule has 0 saturated carbocycles. The molecule has 0 radical (unpaired) electrons. The minimum Gasteiger partial charge on any atom is -0.591 e. The molecule has 0 amide bonds. The Morgan fingerprint density at radius 2 is 1.78 bits per heavy atom. The lowest BCUT2D eigenvalue weighted by molar-refractivity contribution is 0.226. The molecule has 1 aromatic carbocycles. The molecule has 0 aliphatic heterocycles. The van der Waals surface area contributed by atoms with E-state index in [1.165, 1.54) is 12.1 Å². The van der Waals surface area contributed by atoms with Gasteiger partial charge in [-0.1, -0.05) is 32.5 Å². The van der Waals surface area contributed by atoms with E-state index >= 15 is 0 Å². The fraction of sp³-hybridized carbons (Fsp3) is 0.417. The summed E-state index contributed by atoms with van der Waals surface area (Å²) >= 11 is 1.53. The maximum absolute atomic E-state index is 13.0. The molecular weight excluding hydrogens is 324 g/mol. The van der Waals surface area contributed by atoms with Crippen LogP contribution in [0, 0.1) is 0 Å². The fourth-order valence-corrected chi connectivity index (χ4v) is 1.97. The average molecular weight is 338 g/mol. The lowest BCUT2D eigenvalue weighted by Gasteiger charge is -2.19. The van der Waals surface area contributed by atoms with Crippen LogP contribution >= 0.6 is 15.9 Å². The highest BCUT2D eigenvalue weighted by Crippen LogP contribution is 2.21. The van der Waals surface area contributed by atoms with Gasteiger partial charge in [-0.05, 0) is 32.9 Å². The van der Waals surface area contributed by atoms with Gasteiger partial charge in [0.05, 0.1) is 0 Å². The van der Waals surface area contributed by atoms with E-state index in [4.69, 9.17) is 0 Å². The van der Waals surface area contributed by atoms with E-state index in [2.05, 4.69) is 20.3 Å². The molecule has 2 nitrogen and oxygen atoms in total. The largest absolute Gasteiger partial charge is 0.591 e. The van der Waals surface area contributed by atoms with Crippen molar-refractivity contribution in [2.45, 2.75) is 31.9 Å². The van der Waals surface area contributed by atoms with Gasteiger partial charge in [0.15, 0.2) is 5.71 Å². The Bertz CT molecular complexity index is 429. The summed E-state index contributed by atoms with van der Waals surface area (Å²) in [4.78, 5) is 0. The first kappa shape index (κ1) is 15.6. The quantitative estimate of drug-likeness (QED) is 0.607. The molecule has 1 atom stereocenters. The van der Waals surface area contributed by atoms with Crippen molar-refractivity contribution in [2.75, 3.05) is 0 Å². The third kappa shape index (κ3) is 4.33. The van der Waals surface area contributed by atoms with Crippen molar-refractivity contribution < 1.29 is 13.3 Å². The zero-order valence-electron chi connectivity index (χ0n) is 10.3. The van der Waals surface area contributed by atoms with E-state index in [9.17, 15) is 13.3 Å². The van der Waals surface area contributed by atoms with Crippen molar-refractivity contribution in [3.8, 4) is 0 Å². The number of benzene rings is 1. The average Bonchev–Trinajstić information content (AvgIpc) is 2.25. The van der Waals surface area contributed by atoms with Crippen molar-refractivity contribution in [1.29, 1.82) is 0 Å². The minimum atomic E-state index is -2.75. The van der Waals surface area contributed by atoms with E-state index in [-0.39, 0.29) is 5.56 Å². The van der Waals surface area contributed by atoms with Crippen LogP contribution in [0.1, 0.15) is 26.3 Å². The van der Waals surface area contributed by atoms with Gasteiger partial charge in [0.1, 0.15) is 16.1 Å². The zero-order chi connectivity index (χ0) is 13.9. The van der Waals surface area contributed by atoms with E-state index in [1.807, 2.05) is 0 Å². The van der Waals surface area contributed by atoms with Crippen molar-refractivity contribution in [2.24, 2.45) is 4.40 Å². The third-order valence-corrected chi connectivity index (χ3v) is 3.99. The first-order valence-electron chi connectivity index (χ1n) is 5.26. The van der Waals surface area contributed by atoms with Crippen LogP contribution in [0.4, 0.5) is 8.78 Å². The van der Waals surface area contributed by atoms with Gasteiger partial charge in [0, 0.05) is 10.0 Å². The smallest absolute Gasteiger partial charge is 0.285 e. The predicted molar refractivity (Wildman–Crippen MR) is 74.6 cm³/mol. The first-order chi connectivity index (χ1) is 8.21. The van der Waals surface area contributed by atoms with Gasteiger partial charge in [-0.15, -0.1) is 0 Å². The Balaban J connectivity index is 3.11. The number of hydrogen-bond acceptors (Lipinski definition) is 2. The second-order valence-corrected chi connectivity index (χ2v) is 7.47. The van der Waals surface area contributed by atoms with Crippen molar-refractivity contribution in [3.05, 3.63) is 34.3 Å². The van der Waals surface area contributed by atoms with Gasteiger partial charge in [-0.25, -0.2) is 8.78 Å². The summed E-state index contributed by atoms with van der Waals surface area (Å²) in [7, 11) is 0. The molecule has 18 heavy (non-hydrogen) atoms. The monoisotopic (exact) mass is 337 g/mol. The van der Waals surface area contributed by atoms with Gasteiger partial charge >= 0.3 is 0 Å². The summed E-state index contributed by atoms with van der Waals surface area (Å²) in [5, 5.41) is 0. The molecule has 1 rings (SSSR count). The van der Waals surface area contributed by atoms with Gasteiger partial charge in [-0.2, -0.15) is 0 Å². The third-order valence-electron chi connectivity index (χ3n) is 2.05. The predicted octanol–water partition coefficient (Wildman–Crippen LogP) is 3.97.